The summed E-state index contributed by atoms with van der Waals surface area (Å²) in [6, 6.07) is 39.2. The molecule has 5 aromatic rings. The van der Waals surface area contributed by atoms with Gasteiger partial charge in [-0.1, -0.05) is 92.7 Å². The predicted molar refractivity (Wildman–Crippen MR) is 156 cm³/mol. The highest BCUT2D eigenvalue weighted by molar-refractivity contribution is 5.96. The number of hydrogen-bond donors (Lipinski definition) is 1. The minimum Gasteiger partial charge on any atom is -0.355 e. The van der Waals surface area contributed by atoms with Crippen LogP contribution in [0.4, 0.5) is 17.1 Å². The molecule has 1 aliphatic carbocycles. The molecule has 0 radical (unpaired) electrons. The molecule has 0 amide bonds. The molecule has 0 bridgehead atoms. The van der Waals surface area contributed by atoms with Crippen LogP contribution in [0.1, 0.15) is 30.5 Å². The summed E-state index contributed by atoms with van der Waals surface area (Å²) in [7, 11) is 0. The fraction of sp³-hybridized carbons (Fsp3) is 0.0857. The summed E-state index contributed by atoms with van der Waals surface area (Å²) in [5.74, 6) is 0. The molecule has 0 spiro atoms. The third kappa shape index (κ3) is 3.83. The first-order chi connectivity index (χ1) is 18.5. The lowest BCUT2D eigenvalue weighted by Gasteiger charge is -2.25. The number of anilines is 2. The third-order valence-electron chi connectivity index (χ3n) is 7.52. The molecular formula is C35H25N3. The van der Waals surface area contributed by atoms with Gasteiger partial charge in [0.2, 0.25) is 0 Å². The lowest BCUT2D eigenvalue weighted by Crippen LogP contribution is -2.16. The first-order valence-corrected chi connectivity index (χ1v) is 12.6. The molecule has 0 fully saturated rings. The van der Waals surface area contributed by atoms with Crippen LogP contribution in [-0.2, 0) is 5.41 Å². The smallest absolute Gasteiger partial charge is 0.187 e. The van der Waals surface area contributed by atoms with Crippen LogP contribution in [0.5, 0.6) is 0 Å². The molecule has 1 N–H and O–H groups in total. The van der Waals surface area contributed by atoms with E-state index in [1.165, 1.54) is 27.8 Å². The van der Waals surface area contributed by atoms with Crippen molar-refractivity contribution < 1.29 is 0 Å². The van der Waals surface area contributed by atoms with Crippen LogP contribution >= 0.6 is 0 Å². The third-order valence-corrected chi connectivity index (χ3v) is 7.52. The summed E-state index contributed by atoms with van der Waals surface area (Å²) >= 11 is 0. The van der Waals surface area contributed by atoms with Crippen molar-refractivity contribution in [2.24, 2.45) is 0 Å². The summed E-state index contributed by atoms with van der Waals surface area (Å²) in [6.07, 6.45) is 0. The molecular weight excluding hydrogens is 462 g/mol. The molecule has 0 aliphatic heterocycles. The highest BCUT2D eigenvalue weighted by Gasteiger charge is 2.39. The van der Waals surface area contributed by atoms with Gasteiger partial charge in [-0.3, -0.25) is 0 Å². The van der Waals surface area contributed by atoms with Crippen LogP contribution in [0.2, 0.25) is 0 Å². The van der Waals surface area contributed by atoms with Crippen molar-refractivity contribution in [3.63, 3.8) is 0 Å². The molecule has 0 saturated heterocycles. The second kappa shape index (κ2) is 9.07. The average Bonchev–Trinajstić information content (AvgIpc) is 3.21. The van der Waals surface area contributed by atoms with Crippen LogP contribution in [-0.4, -0.2) is 0 Å². The van der Waals surface area contributed by atoms with E-state index < -0.39 is 0 Å². The molecule has 1 aliphatic rings. The Morgan fingerprint density at radius 2 is 1.34 bits per heavy atom. The fourth-order valence-corrected chi connectivity index (χ4v) is 5.61. The van der Waals surface area contributed by atoms with Gasteiger partial charge in [-0.25, -0.2) is 4.85 Å². The van der Waals surface area contributed by atoms with Crippen LogP contribution in [0.3, 0.4) is 0 Å². The van der Waals surface area contributed by atoms with Gasteiger partial charge >= 0.3 is 0 Å². The van der Waals surface area contributed by atoms with Crippen LogP contribution in [0.25, 0.3) is 38.2 Å². The summed E-state index contributed by atoms with van der Waals surface area (Å²) in [6.45, 7) is 11.7. The molecule has 0 unspecified atom stereocenters. The van der Waals surface area contributed by atoms with E-state index in [1.807, 2.05) is 48.5 Å². The lowest BCUT2D eigenvalue weighted by atomic mass is 9.78. The summed E-state index contributed by atoms with van der Waals surface area (Å²) < 4.78 is 0. The topological polar surface area (TPSA) is 40.2 Å². The van der Waals surface area contributed by atoms with Gasteiger partial charge in [-0.2, -0.15) is 5.26 Å². The van der Waals surface area contributed by atoms with E-state index in [-0.39, 0.29) is 5.41 Å². The van der Waals surface area contributed by atoms with Crippen molar-refractivity contribution in [3.05, 3.63) is 137 Å². The normalized spacial score (nSPS) is 12.6. The van der Waals surface area contributed by atoms with Crippen molar-refractivity contribution in [2.45, 2.75) is 19.3 Å². The second-order valence-corrected chi connectivity index (χ2v) is 10.1. The highest BCUT2D eigenvalue weighted by atomic mass is 14.9. The maximum absolute atomic E-state index is 9.27. The van der Waals surface area contributed by atoms with E-state index in [4.69, 9.17) is 6.57 Å². The van der Waals surface area contributed by atoms with Crippen LogP contribution < -0.4 is 5.32 Å². The molecule has 0 heterocycles. The van der Waals surface area contributed by atoms with Gasteiger partial charge in [0.25, 0.3) is 0 Å². The molecule has 5 aromatic carbocycles. The van der Waals surface area contributed by atoms with Crippen LogP contribution in [0.15, 0.2) is 109 Å². The van der Waals surface area contributed by atoms with E-state index in [1.54, 1.807) is 0 Å². The van der Waals surface area contributed by atoms with Gasteiger partial charge in [0.1, 0.15) is 0 Å². The zero-order chi connectivity index (χ0) is 26.3. The minimum atomic E-state index is -0.172. The molecule has 38 heavy (non-hydrogen) atoms. The second-order valence-electron chi connectivity index (χ2n) is 10.1. The van der Waals surface area contributed by atoms with Crippen molar-refractivity contribution in [2.75, 3.05) is 5.32 Å². The van der Waals surface area contributed by atoms with E-state index >= 15 is 0 Å². The summed E-state index contributed by atoms with van der Waals surface area (Å²) in [5.41, 5.74) is 12.8. The van der Waals surface area contributed by atoms with Gasteiger partial charge < -0.3 is 5.32 Å². The molecule has 0 aromatic heterocycles. The predicted octanol–water partition coefficient (Wildman–Crippen LogP) is 9.49. The Bertz CT molecular complexity index is 1750. The Labute approximate surface area is 223 Å². The van der Waals surface area contributed by atoms with Gasteiger partial charge in [0, 0.05) is 22.4 Å². The summed E-state index contributed by atoms with van der Waals surface area (Å²) in [5, 5.41) is 13.0. The molecule has 180 valence electrons. The molecule has 3 heteroatoms. The standard InChI is InChI=1S/C35H25N3/c1-35(2)31-7-5-4-6-30(31)33-32(21-20-29(34(33)35)26-10-8-23(22-36)9-11-26)38-28-18-14-25(15-19-28)24-12-16-27(37-3)17-13-24/h4-21,38H,1-2H3. The van der Waals surface area contributed by atoms with E-state index in [0.717, 1.165) is 28.1 Å². The molecule has 6 rings (SSSR count). The maximum Gasteiger partial charge on any atom is 0.187 e. The van der Waals surface area contributed by atoms with E-state index in [2.05, 4.69) is 90.7 Å². The minimum absolute atomic E-state index is 0.172. The Hall–Kier alpha value is -5.12. The van der Waals surface area contributed by atoms with Crippen molar-refractivity contribution in [3.8, 4) is 39.4 Å². The number of nitriles is 1. The summed E-state index contributed by atoms with van der Waals surface area (Å²) in [4.78, 5) is 3.48. The first-order valence-electron chi connectivity index (χ1n) is 12.6. The lowest BCUT2D eigenvalue weighted by molar-refractivity contribution is 0.662. The Morgan fingerprint density at radius 1 is 0.711 bits per heavy atom. The SMILES string of the molecule is [C-]#[N+]c1ccc(-c2ccc(Nc3ccc(-c4ccc(C#N)cc4)c4c3-c3ccccc3C4(C)C)cc2)cc1. The van der Waals surface area contributed by atoms with Gasteiger partial charge in [-0.15, -0.1) is 0 Å². The van der Waals surface area contributed by atoms with Crippen molar-refractivity contribution in [1.82, 2.24) is 0 Å². The number of rotatable bonds is 4. The zero-order valence-electron chi connectivity index (χ0n) is 21.3. The Balaban J connectivity index is 1.43. The number of nitrogens with one attached hydrogen (secondary N) is 1. The molecule has 0 saturated carbocycles. The first kappa shape index (κ1) is 23.3. The maximum atomic E-state index is 9.27. The quantitative estimate of drug-likeness (QED) is 0.256. The molecule has 0 atom stereocenters. The highest BCUT2D eigenvalue weighted by Crippen LogP contribution is 2.55. The molecule has 3 nitrogen and oxygen atoms in total. The van der Waals surface area contributed by atoms with Gasteiger partial charge in [-0.05, 0) is 69.3 Å². The van der Waals surface area contributed by atoms with E-state index in [9.17, 15) is 5.26 Å². The fourth-order valence-electron chi connectivity index (χ4n) is 5.61. The largest absolute Gasteiger partial charge is 0.355 e. The van der Waals surface area contributed by atoms with Crippen molar-refractivity contribution in [1.29, 1.82) is 5.26 Å². The monoisotopic (exact) mass is 487 g/mol. The van der Waals surface area contributed by atoms with E-state index in [0.29, 0.717) is 11.3 Å². The Morgan fingerprint density at radius 3 is 2.00 bits per heavy atom. The van der Waals surface area contributed by atoms with Gasteiger partial charge in [0.05, 0.1) is 18.2 Å². The number of hydrogen-bond acceptors (Lipinski definition) is 2. The average molecular weight is 488 g/mol. The number of fused-ring (bicyclic) bond motifs is 3. The number of nitrogens with zero attached hydrogens (tertiary/aromatic N) is 2. The zero-order valence-corrected chi connectivity index (χ0v) is 21.3. The Kier molecular flexibility index (Phi) is 5.56. The van der Waals surface area contributed by atoms with Crippen LogP contribution in [0, 0.1) is 17.9 Å². The van der Waals surface area contributed by atoms with Gasteiger partial charge in [0.15, 0.2) is 5.69 Å². The van der Waals surface area contributed by atoms with Crippen molar-refractivity contribution >= 4 is 17.1 Å². The number of benzene rings is 5.